The van der Waals surface area contributed by atoms with Crippen LogP contribution in [0.4, 0.5) is 0 Å². The maximum atomic E-state index is 12.7. The molecule has 2 aliphatic rings. The van der Waals surface area contributed by atoms with Gasteiger partial charge in [-0.05, 0) is 50.9 Å². The Labute approximate surface area is 189 Å². The van der Waals surface area contributed by atoms with Crippen LogP contribution in [0.25, 0.3) is 0 Å². The average molecular weight is 441 g/mol. The van der Waals surface area contributed by atoms with Crippen LogP contribution in [0.15, 0.2) is 28.7 Å². The lowest BCUT2D eigenvalue weighted by Crippen LogP contribution is -2.38. The van der Waals surface area contributed by atoms with Crippen molar-refractivity contribution in [2.75, 3.05) is 33.4 Å². The number of amides is 1. The van der Waals surface area contributed by atoms with Gasteiger partial charge in [-0.25, -0.2) is 0 Å². The van der Waals surface area contributed by atoms with Gasteiger partial charge in [0.05, 0.1) is 5.56 Å². The third-order valence-electron chi connectivity index (χ3n) is 6.39. The highest BCUT2D eigenvalue weighted by Gasteiger charge is 2.28. The fourth-order valence-corrected chi connectivity index (χ4v) is 4.49. The number of likely N-dealkylation sites (N-methyl/N-ethyl adjacent to an activating group) is 1. The molecule has 0 bridgehead atoms. The topological polar surface area (TPSA) is 81.0 Å². The standard InChI is InChI=1S/C25H32N2O5/c1-17-23-21(28)7-4-8-22(23)32-24(17)25(29)26-16-18-5-3-6-20(15-18)31-14-11-27(2)19-9-12-30-13-10-19/h3,5-6,15,19H,4,7-14,16H2,1-2H3,(H,26,29). The molecular formula is C25H32N2O5. The minimum Gasteiger partial charge on any atom is -0.492 e. The summed E-state index contributed by atoms with van der Waals surface area (Å²) >= 11 is 0. The van der Waals surface area contributed by atoms with Crippen LogP contribution in [-0.4, -0.2) is 56.0 Å². The number of benzene rings is 1. The number of ether oxygens (including phenoxy) is 2. The molecule has 1 aliphatic heterocycles. The zero-order valence-electron chi connectivity index (χ0n) is 18.9. The Morgan fingerprint density at radius 3 is 2.84 bits per heavy atom. The molecule has 4 rings (SSSR count). The first-order valence-corrected chi connectivity index (χ1v) is 11.5. The van der Waals surface area contributed by atoms with E-state index in [9.17, 15) is 9.59 Å². The van der Waals surface area contributed by atoms with Crippen molar-refractivity contribution >= 4 is 11.7 Å². The molecule has 7 heteroatoms. The minimum absolute atomic E-state index is 0.0684. The predicted octanol–water partition coefficient (Wildman–Crippen LogP) is 3.53. The quantitative estimate of drug-likeness (QED) is 0.676. The summed E-state index contributed by atoms with van der Waals surface area (Å²) in [6.45, 7) is 5.27. The molecule has 7 nitrogen and oxygen atoms in total. The number of hydrogen-bond acceptors (Lipinski definition) is 6. The number of hydrogen-bond donors (Lipinski definition) is 1. The van der Waals surface area contributed by atoms with E-state index in [-0.39, 0.29) is 17.5 Å². The first-order chi connectivity index (χ1) is 15.5. The molecule has 0 saturated carbocycles. The van der Waals surface area contributed by atoms with Crippen LogP contribution in [0, 0.1) is 6.92 Å². The van der Waals surface area contributed by atoms with Gasteiger partial charge in [0.15, 0.2) is 11.5 Å². The van der Waals surface area contributed by atoms with Gasteiger partial charge in [0.1, 0.15) is 18.1 Å². The Bertz CT molecular complexity index is 961. The van der Waals surface area contributed by atoms with Crippen molar-refractivity contribution in [2.45, 2.75) is 51.6 Å². The number of rotatable bonds is 8. The lowest BCUT2D eigenvalue weighted by atomic mass is 9.94. The van der Waals surface area contributed by atoms with E-state index in [2.05, 4.69) is 17.3 Å². The van der Waals surface area contributed by atoms with Crippen molar-refractivity contribution in [1.29, 1.82) is 0 Å². The Morgan fingerprint density at radius 2 is 2.06 bits per heavy atom. The summed E-state index contributed by atoms with van der Waals surface area (Å²) in [6, 6.07) is 8.30. The van der Waals surface area contributed by atoms with Crippen LogP contribution in [-0.2, 0) is 17.7 Å². The number of fused-ring (bicyclic) bond motifs is 1. The monoisotopic (exact) mass is 440 g/mol. The van der Waals surface area contributed by atoms with Crippen LogP contribution >= 0.6 is 0 Å². The summed E-state index contributed by atoms with van der Waals surface area (Å²) in [6.07, 6.45) is 4.14. The van der Waals surface area contributed by atoms with E-state index in [0.29, 0.717) is 48.9 Å². The van der Waals surface area contributed by atoms with Crippen molar-refractivity contribution in [2.24, 2.45) is 0 Å². The van der Waals surface area contributed by atoms with E-state index < -0.39 is 0 Å². The van der Waals surface area contributed by atoms with Crippen molar-refractivity contribution in [1.82, 2.24) is 10.2 Å². The van der Waals surface area contributed by atoms with Gasteiger partial charge in [-0.1, -0.05) is 12.1 Å². The number of Topliss-reactive ketones (excluding diaryl/α,β-unsaturated/α-hetero) is 1. The molecule has 1 fully saturated rings. The predicted molar refractivity (Wildman–Crippen MR) is 120 cm³/mol. The van der Waals surface area contributed by atoms with Gasteiger partial charge in [0.2, 0.25) is 0 Å². The maximum Gasteiger partial charge on any atom is 0.287 e. The molecule has 1 aromatic heterocycles. The number of carbonyl (C=O) groups is 2. The molecule has 1 amide bonds. The van der Waals surface area contributed by atoms with E-state index in [1.165, 1.54) is 0 Å². The molecule has 0 spiro atoms. The average Bonchev–Trinajstić information content (AvgIpc) is 3.16. The fourth-order valence-electron chi connectivity index (χ4n) is 4.49. The number of carbonyl (C=O) groups excluding carboxylic acids is 2. The third kappa shape index (κ3) is 5.22. The molecule has 1 aromatic carbocycles. The molecule has 172 valence electrons. The van der Waals surface area contributed by atoms with Crippen molar-refractivity contribution < 1.29 is 23.5 Å². The summed E-state index contributed by atoms with van der Waals surface area (Å²) in [5, 5.41) is 2.90. The van der Waals surface area contributed by atoms with Gasteiger partial charge in [-0.15, -0.1) is 0 Å². The first-order valence-electron chi connectivity index (χ1n) is 11.5. The Kier molecular flexibility index (Phi) is 7.27. The minimum atomic E-state index is -0.297. The molecule has 1 aliphatic carbocycles. The van der Waals surface area contributed by atoms with Crippen molar-refractivity contribution in [3.8, 4) is 5.75 Å². The molecular weight excluding hydrogens is 408 g/mol. The highest BCUT2D eigenvalue weighted by Crippen LogP contribution is 2.29. The van der Waals surface area contributed by atoms with Crippen molar-refractivity contribution in [3.05, 3.63) is 52.5 Å². The number of nitrogens with zero attached hydrogens (tertiary/aromatic N) is 1. The van der Waals surface area contributed by atoms with Gasteiger partial charge in [0.25, 0.3) is 5.91 Å². The lowest BCUT2D eigenvalue weighted by Gasteiger charge is -2.31. The smallest absolute Gasteiger partial charge is 0.287 e. The molecule has 2 aromatic rings. The van der Waals surface area contributed by atoms with Crippen LogP contribution in [0.3, 0.4) is 0 Å². The lowest BCUT2D eigenvalue weighted by molar-refractivity contribution is 0.0392. The second kappa shape index (κ2) is 10.3. The second-order valence-electron chi connectivity index (χ2n) is 8.63. The first kappa shape index (κ1) is 22.6. The van der Waals surface area contributed by atoms with E-state index in [1.807, 2.05) is 24.3 Å². The van der Waals surface area contributed by atoms with Gasteiger partial charge < -0.3 is 19.2 Å². The van der Waals surface area contributed by atoms with Gasteiger partial charge >= 0.3 is 0 Å². The molecule has 0 atom stereocenters. The summed E-state index contributed by atoms with van der Waals surface area (Å²) < 4.78 is 17.1. The van der Waals surface area contributed by atoms with Crippen LogP contribution in [0.1, 0.15) is 63.5 Å². The highest BCUT2D eigenvalue weighted by atomic mass is 16.5. The molecule has 2 heterocycles. The third-order valence-corrected chi connectivity index (χ3v) is 6.39. The summed E-state index contributed by atoms with van der Waals surface area (Å²) in [5.41, 5.74) is 2.19. The number of nitrogens with one attached hydrogen (secondary N) is 1. The molecule has 32 heavy (non-hydrogen) atoms. The Balaban J connectivity index is 1.28. The zero-order chi connectivity index (χ0) is 22.5. The van der Waals surface area contributed by atoms with E-state index in [1.54, 1.807) is 6.92 Å². The molecule has 1 N–H and O–H groups in total. The molecule has 0 unspecified atom stereocenters. The molecule has 0 radical (unpaired) electrons. The number of ketones is 1. The van der Waals surface area contributed by atoms with E-state index >= 15 is 0 Å². The number of aryl methyl sites for hydroxylation is 1. The summed E-state index contributed by atoms with van der Waals surface area (Å²) in [4.78, 5) is 27.2. The zero-order valence-corrected chi connectivity index (χ0v) is 18.9. The largest absolute Gasteiger partial charge is 0.492 e. The van der Waals surface area contributed by atoms with Crippen LogP contribution in [0.5, 0.6) is 5.75 Å². The SMILES string of the molecule is Cc1c(C(=O)NCc2cccc(OCCN(C)C3CCOCC3)c2)oc2c1C(=O)CCC2. The Morgan fingerprint density at radius 1 is 1.25 bits per heavy atom. The normalized spacial score (nSPS) is 16.8. The Hall–Kier alpha value is -2.64. The van der Waals surface area contributed by atoms with E-state index in [4.69, 9.17) is 13.9 Å². The summed E-state index contributed by atoms with van der Waals surface area (Å²) in [7, 11) is 2.13. The summed E-state index contributed by atoms with van der Waals surface area (Å²) in [5.74, 6) is 1.44. The van der Waals surface area contributed by atoms with Crippen LogP contribution < -0.4 is 10.1 Å². The molecule has 1 saturated heterocycles. The fraction of sp³-hybridized carbons (Fsp3) is 0.520. The van der Waals surface area contributed by atoms with Gasteiger partial charge in [-0.3, -0.25) is 14.5 Å². The van der Waals surface area contributed by atoms with Crippen LogP contribution in [0.2, 0.25) is 0 Å². The number of furan rings is 1. The van der Waals surface area contributed by atoms with Crippen molar-refractivity contribution in [3.63, 3.8) is 0 Å². The van der Waals surface area contributed by atoms with E-state index in [0.717, 1.165) is 50.3 Å². The van der Waals surface area contributed by atoms with Gasteiger partial charge in [-0.2, -0.15) is 0 Å². The maximum absolute atomic E-state index is 12.7. The highest BCUT2D eigenvalue weighted by molar-refractivity contribution is 6.03. The van der Waals surface area contributed by atoms with Gasteiger partial charge in [0, 0.05) is 50.8 Å². The second-order valence-corrected chi connectivity index (χ2v) is 8.63.